The first-order valence-corrected chi connectivity index (χ1v) is 10.2. The Morgan fingerprint density at radius 2 is 1.06 bits per heavy atom. The van der Waals surface area contributed by atoms with Crippen molar-refractivity contribution in [2.75, 3.05) is 26.2 Å². The molecule has 0 amide bonds. The lowest BCUT2D eigenvalue weighted by molar-refractivity contribution is 0.295. The number of nitrogens with zero attached hydrogens (tertiary/aromatic N) is 2. The zero-order chi connectivity index (χ0) is 13.2. The number of halogens is 1. The average Bonchev–Trinajstić information content (AvgIpc) is 2.38. The van der Waals surface area contributed by atoms with Gasteiger partial charge in [-0.15, -0.1) is 9.34 Å². The van der Waals surface area contributed by atoms with Gasteiger partial charge >= 0.3 is 0 Å². The summed E-state index contributed by atoms with van der Waals surface area (Å²) in [5.74, 6) is 0. The Hall–Kier alpha value is 0.640. The van der Waals surface area contributed by atoms with E-state index in [9.17, 15) is 0 Å². The van der Waals surface area contributed by atoms with Gasteiger partial charge in [-0.3, -0.25) is 0 Å². The maximum absolute atomic E-state index is 7.34. The lowest BCUT2D eigenvalue weighted by atomic mass is 10.2. The van der Waals surface area contributed by atoms with Gasteiger partial charge in [0.15, 0.2) is 0 Å². The van der Waals surface area contributed by atoms with E-state index in [-0.39, 0.29) is 5.16 Å². The van der Waals surface area contributed by atoms with Crippen LogP contribution >= 0.6 is 18.2 Å². The lowest BCUT2D eigenvalue weighted by Crippen LogP contribution is -2.45. The van der Waals surface area contributed by atoms with Crippen molar-refractivity contribution >= 4 is 18.2 Å². The van der Waals surface area contributed by atoms with Crippen LogP contribution in [0.15, 0.2) is 0 Å². The second kappa shape index (κ2) is 5.95. The zero-order valence-corrected chi connectivity index (χ0v) is 13.9. The van der Waals surface area contributed by atoms with E-state index >= 15 is 0 Å². The Bertz CT molecular complexity index is 247. The predicted molar refractivity (Wildman–Crippen MR) is 83.4 cm³/mol. The summed E-state index contributed by atoms with van der Waals surface area (Å²) in [4.78, 5) is 0. The molecule has 2 rings (SSSR count). The maximum atomic E-state index is 7.34. The van der Waals surface area contributed by atoms with Crippen LogP contribution in [0.2, 0.25) is 0 Å². The van der Waals surface area contributed by atoms with Crippen molar-refractivity contribution in [3.8, 4) is 0 Å². The van der Waals surface area contributed by atoms with Crippen LogP contribution in [-0.2, 0) is 0 Å². The van der Waals surface area contributed by atoms with Crippen LogP contribution in [0, 0.1) is 0 Å². The summed E-state index contributed by atoms with van der Waals surface area (Å²) in [6.45, 7) is 10.2. The minimum Gasteiger partial charge on any atom is -0.148 e. The summed E-state index contributed by atoms with van der Waals surface area (Å²) in [6.07, 6.45) is 8.10. The number of rotatable bonds is 2. The van der Waals surface area contributed by atoms with E-state index < -0.39 is 6.92 Å². The van der Waals surface area contributed by atoms with Crippen LogP contribution < -0.4 is 0 Å². The fourth-order valence-corrected chi connectivity index (χ4v) is 7.90. The molecule has 2 saturated heterocycles. The Balaban J connectivity index is 2.21. The van der Waals surface area contributed by atoms with E-state index in [4.69, 9.17) is 11.2 Å². The number of hydrogen-bond donors (Lipinski definition) is 0. The molecule has 0 unspecified atom stereocenters. The molecule has 0 bridgehead atoms. The molecule has 0 radical (unpaired) electrons. The van der Waals surface area contributed by atoms with Gasteiger partial charge in [-0.05, 0) is 46.5 Å². The van der Waals surface area contributed by atoms with Crippen LogP contribution in [0.1, 0.15) is 59.3 Å². The fraction of sp³-hybridized carbons (Fsp3) is 1.00. The Labute approximate surface area is 118 Å². The molecule has 0 N–H and O–H groups in total. The smallest absolute Gasteiger partial charge is 0.148 e. The first-order valence-electron chi connectivity index (χ1n) is 7.56. The summed E-state index contributed by atoms with van der Waals surface area (Å²) in [6, 6.07) is 0. The van der Waals surface area contributed by atoms with Gasteiger partial charge in [-0.2, -0.15) is 0 Å². The van der Waals surface area contributed by atoms with E-state index in [1.165, 1.54) is 64.7 Å². The van der Waals surface area contributed by atoms with Gasteiger partial charge in [-0.1, -0.05) is 12.8 Å². The van der Waals surface area contributed by atoms with Gasteiger partial charge in [-0.25, -0.2) is 0 Å². The van der Waals surface area contributed by atoms with Gasteiger partial charge in [0.1, 0.15) is 16.4 Å². The van der Waals surface area contributed by atoms with Crippen LogP contribution in [0.3, 0.4) is 0 Å². The Morgan fingerprint density at radius 1 is 0.722 bits per heavy atom. The minimum absolute atomic E-state index is 0.198. The molecule has 0 spiro atoms. The number of piperidine rings is 2. The summed E-state index contributed by atoms with van der Waals surface area (Å²) in [7, 11) is 0. The van der Waals surface area contributed by atoms with Crippen molar-refractivity contribution in [3.63, 3.8) is 0 Å². The summed E-state index contributed by atoms with van der Waals surface area (Å²) in [5.41, 5.74) is 0. The zero-order valence-electron chi connectivity index (χ0n) is 12.3. The molecule has 2 fully saturated rings. The van der Waals surface area contributed by atoms with Crippen LogP contribution in [0.4, 0.5) is 0 Å². The van der Waals surface area contributed by atoms with Crippen molar-refractivity contribution in [1.29, 1.82) is 0 Å². The highest BCUT2D eigenvalue weighted by atomic mass is 35.7. The maximum Gasteiger partial charge on any atom is 0.259 e. The summed E-state index contributed by atoms with van der Waals surface area (Å²) >= 11 is 7.34. The molecule has 0 aliphatic carbocycles. The van der Waals surface area contributed by atoms with Crippen LogP contribution in [0.25, 0.3) is 0 Å². The largest absolute Gasteiger partial charge is 0.259 e. The van der Waals surface area contributed by atoms with Crippen molar-refractivity contribution in [2.24, 2.45) is 0 Å². The predicted octanol–water partition coefficient (Wildman–Crippen LogP) is 4.76. The van der Waals surface area contributed by atoms with Gasteiger partial charge in [0.25, 0.3) is 6.92 Å². The summed E-state index contributed by atoms with van der Waals surface area (Å²) in [5, 5.41) is 0.198. The Morgan fingerprint density at radius 3 is 1.33 bits per heavy atom. The highest BCUT2D eigenvalue weighted by Crippen LogP contribution is 2.78. The van der Waals surface area contributed by atoms with Crippen molar-refractivity contribution < 1.29 is 0 Å². The van der Waals surface area contributed by atoms with Gasteiger partial charge in [0.05, 0.1) is 0 Å². The highest BCUT2D eigenvalue weighted by Gasteiger charge is 2.59. The molecule has 106 valence electrons. The first kappa shape index (κ1) is 15.0. The lowest BCUT2D eigenvalue weighted by Gasteiger charge is -2.46. The van der Waals surface area contributed by atoms with E-state index in [1.54, 1.807) is 0 Å². The van der Waals surface area contributed by atoms with E-state index in [0.29, 0.717) is 0 Å². The molecule has 0 aromatic rings. The minimum atomic E-state index is -1.67. The molecule has 2 heterocycles. The van der Waals surface area contributed by atoms with Gasteiger partial charge in [0, 0.05) is 26.2 Å². The third-order valence-electron chi connectivity index (χ3n) is 4.27. The van der Waals surface area contributed by atoms with Crippen molar-refractivity contribution in [2.45, 2.75) is 64.5 Å². The van der Waals surface area contributed by atoms with Gasteiger partial charge in [0.2, 0.25) is 0 Å². The molecule has 0 atom stereocenters. The molecular weight excluding hydrogens is 263 g/mol. The SMILES string of the molecule is CC(C)(C)[P+](Cl)(N1CCCCC1)N1CCCCC1. The normalized spacial score (nSPS) is 25.3. The second-order valence-electron chi connectivity index (χ2n) is 6.72. The monoisotopic (exact) mass is 291 g/mol. The topological polar surface area (TPSA) is 6.48 Å². The average molecular weight is 292 g/mol. The van der Waals surface area contributed by atoms with Crippen molar-refractivity contribution in [3.05, 3.63) is 0 Å². The molecule has 0 saturated carbocycles. The molecule has 2 nitrogen and oxygen atoms in total. The first-order chi connectivity index (χ1) is 8.46. The van der Waals surface area contributed by atoms with Crippen LogP contribution in [-0.4, -0.2) is 40.7 Å². The quantitative estimate of drug-likeness (QED) is 0.677. The number of hydrogen-bond acceptors (Lipinski definition) is 2. The second-order valence-corrected chi connectivity index (χ2v) is 11.7. The molecule has 2 aliphatic rings. The van der Waals surface area contributed by atoms with E-state index in [1.807, 2.05) is 0 Å². The molecule has 0 aromatic carbocycles. The molecule has 4 heteroatoms. The molecule has 2 aliphatic heterocycles. The third kappa shape index (κ3) is 2.87. The Kier molecular flexibility index (Phi) is 4.97. The highest BCUT2D eigenvalue weighted by molar-refractivity contribution is 7.96. The van der Waals surface area contributed by atoms with E-state index in [0.717, 1.165) is 0 Å². The standard InChI is InChI=1S/C14H29ClN2P/c1-14(2,3)18(15,16-10-6-4-7-11-16)17-12-8-5-9-13-17/h4-13H2,1-3H3/q+1. The summed E-state index contributed by atoms with van der Waals surface area (Å²) < 4.78 is 5.31. The van der Waals surface area contributed by atoms with Crippen molar-refractivity contribution in [1.82, 2.24) is 9.34 Å². The molecule has 0 aromatic heterocycles. The van der Waals surface area contributed by atoms with Gasteiger partial charge < -0.3 is 0 Å². The molecule has 18 heavy (non-hydrogen) atoms. The van der Waals surface area contributed by atoms with Crippen LogP contribution in [0.5, 0.6) is 0 Å². The third-order valence-corrected chi connectivity index (χ3v) is 11.1. The molecular formula is C14H29ClN2P+. The van der Waals surface area contributed by atoms with E-state index in [2.05, 4.69) is 30.1 Å². The fourth-order valence-electron chi connectivity index (χ4n) is 3.31.